The van der Waals surface area contributed by atoms with Crippen LogP contribution in [0.1, 0.15) is 36.2 Å². The summed E-state index contributed by atoms with van der Waals surface area (Å²) in [4.78, 5) is 24.5. The largest absolute Gasteiger partial charge is 0.396 e. The van der Waals surface area contributed by atoms with Gasteiger partial charge in [0.15, 0.2) is 9.84 Å². The fraction of sp³-hybridized carbons (Fsp3) is 0.429. The summed E-state index contributed by atoms with van der Waals surface area (Å²) in [6.45, 7) is 2.71. The summed E-state index contributed by atoms with van der Waals surface area (Å²) in [5, 5.41) is 20.3. The van der Waals surface area contributed by atoms with Gasteiger partial charge in [0.1, 0.15) is 6.04 Å². The predicted octanol–water partition coefficient (Wildman–Crippen LogP) is 0.0969. The highest BCUT2D eigenvalue weighted by atomic mass is 32.2. The fourth-order valence-corrected chi connectivity index (χ4v) is 3.21. The molecule has 1 saturated carbocycles. The standard InChI is InChI=1S/C21H24N2O6S/c1-21(2,30(3,28)29)18(20(26)23-27)22-19(25)15-10-8-14(9-11-15)6-4-5-7-16-12-17(16)13-24/h8-11,16-18,24,27H,12-13H2,1-3H3,(H,22,25)(H,23,26)/t16?,17-,18-/m1/s1. The number of benzene rings is 1. The quantitative estimate of drug-likeness (QED) is 0.286. The Balaban J connectivity index is 2.10. The third kappa shape index (κ3) is 5.61. The lowest BCUT2D eigenvalue weighted by molar-refractivity contribution is -0.131. The molecule has 9 heteroatoms. The molecule has 2 amide bonds. The Morgan fingerprint density at radius 1 is 1.23 bits per heavy atom. The van der Waals surface area contributed by atoms with E-state index in [1.807, 2.05) is 0 Å². The van der Waals surface area contributed by atoms with E-state index in [2.05, 4.69) is 29.0 Å². The van der Waals surface area contributed by atoms with Gasteiger partial charge in [0.05, 0.1) is 4.75 Å². The summed E-state index contributed by atoms with van der Waals surface area (Å²) in [6.07, 6.45) is 1.83. The molecule has 1 fully saturated rings. The Kier molecular flexibility index (Phi) is 7.27. The topological polar surface area (TPSA) is 133 Å². The molecule has 0 saturated heterocycles. The molecule has 0 aromatic heterocycles. The first-order valence-corrected chi connectivity index (χ1v) is 11.1. The van der Waals surface area contributed by atoms with Crippen LogP contribution in [0, 0.1) is 35.5 Å². The van der Waals surface area contributed by atoms with E-state index in [-0.39, 0.29) is 24.0 Å². The van der Waals surface area contributed by atoms with Crippen LogP contribution >= 0.6 is 0 Å². The van der Waals surface area contributed by atoms with Crippen molar-refractivity contribution >= 4 is 21.7 Å². The first-order chi connectivity index (χ1) is 14.0. The van der Waals surface area contributed by atoms with Crippen molar-refractivity contribution in [1.82, 2.24) is 10.8 Å². The van der Waals surface area contributed by atoms with Crippen molar-refractivity contribution in [1.29, 1.82) is 0 Å². The van der Waals surface area contributed by atoms with Crippen molar-refractivity contribution in [3.8, 4) is 23.7 Å². The van der Waals surface area contributed by atoms with Crippen LogP contribution in [-0.4, -0.2) is 54.2 Å². The van der Waals surface area contributed by atoms with Crippen LogP contribution in [0.5, 0.6) is 0 Å². The van der Waals surface area contributed by atoms with Crippen molar-refractivity contribution in [3.05, 3.63) is 35.4 Å². The maximum atomic E-state index is 12.5. The summed E-state index contributed by atoms with van der Waals surface area (Å²) < 4.78 is 22.4. The molecule has 1 aromatic rings. The van der Waals surface area contributed by atoms with E-state index >= 15 is 0 Å². The van der Waals surface area contributed by atoms with Crippen molar-refractivity contribution in [2.24, 2.45) is 11.8 Å². The minimum Gasteiger partial charge on any atom is -0.396 e. The third-order valence-electron chi connectivity index (χ3n) is 5.13. The maximum absolute atomic E-state index is 12.5. The zero-order valence-corrected chi connectivity index (χ0v) is 17.7. The zero-order valence-electron chi connectivity index (χ0n) is 16.9. The van der Waals surface area contributed by atoms with Crippen molar-refractivity contribution in [2.75, 3.05) is 12.9 Å². The minimum absolute atomic E-state index is 0.137. The molecule has 160 valence electrons. The molecule has 4 N–H and O–H groups in total. The fourth-order valence-electron chi connectivity index (χ4n) is 2.61. The Morgan fingerprint density at radius 2 is 1.87 bits per heavy atom. The third-order valence-corrected chi connectivity index (χ3v) is 7.28. The number of hydroxylamine groups is 1. The summed E-state index contributed by atoms with van der Waals surface area (Å²) in [7, 11) is -3.74. The molecule has 1 aliphatic carbocycles. The number of hydrogen-bond donors (Lipinski definition) is 4. The number of nitrogens with one attached hydrogen (secondary N) is 2. The van der Waals surface area contributed by atoms with Gasteiger partial charge in [-0.1, -0.05) is 11.8 Å². The molecule has 8 nitrogen and oxygen atoms in total. The van der Waals surface area contributed by atoms with E-state index in [1.165, 1.54) is 31.5 Å². The SMILES string of the molecule is CC(C)([C@H](NC(=O)c1ccc(C#CC#CC2C[C@@H]2CO)cc1)C(=O)NO)S(C)(=O)=O. The summed E-state index contributed by atoms with van der Waals surface area (Å²) >= 11 is 0. The van der Waals surface area contributed by atoms with E-state index in [0.717, 1.165) is 12.7 Å². The summed E-state index contributed by atoms with van der Waals surface area (Å²) in [6, 6.07) is 4.65. The van der Waals surface area contributed by atoms with Crippen LogP contribution in [0.25, 0.3) is 0 Å². The number of amides is 2. The highest BCUT2D eigenvalue weighted by molar-refractivity contribution is 7.92. The van der Waals surface area contributed by atoms with Crippen molar-refractivity contribution in [2.45, 2.75) is 31.1 Å². The van der Waals surface area contributed by atoms with Gasteiger partial charge in [-0.2, -0.15) is 0 Å². The number of carbonyl (C=O) groups is 2. The Labute approximate surface area is 175 Å². The van der Waals surface area contributed by atoms with Crippen molar-refractivity contribution in [3.63, 3.8) is 0 Å². The zero-order chi connectivity index (χ0) is 22.5. The Bertz CT molecular complexity index is 1040. The second kappa shape index (κ2) is 9.31. The molecule has 3 atom stereocenters. The number of rotatable bonds is 6. The summed E-state index contributed by atoms with van der Waals surface area (Å²) in [5.74, 6) is 10.0. The van der Waals surface area contributed by atoms with E-state index in [0.29, 0.717) is 5.56 Å². The van der Waals surface area contributed by atoms with Crippen LogP contribution in [0.2, 0.25) is 0 Å². The average molecular weight is 432 g/mol. The molecule has 1 aromatic carbocycles. The van der Waals surface area contributed by atoms with Crippen LogP contribution in [-0.2, 0) is 14.6 Å². The molecule has 30 heavy (non-hydrogen) atoms. The molecule has 1 unspecified atom stereocenters. The van der Waals surface area contributed by atoms with Gasteiger partial charge in [-0.3, -0.25) is 14.8 Å². The molecular formula is C21H24N2O6S. The van der Waals surface area contributed by atoms with Crippen LogP contribution < -0.4 is 10.8 Å². The normalized spacial score (nSPS) is 18.7. The van der Waals surface area contributed by atoms with Gasteiger partial charge in [-0.15, -0.1) is 0 Å². The first-order valence-electron chi connectivity index (χ1n) is 9.18. The molecule has 0 heterocycles. The van der Waals surface area contributed by atoms with Gasteiger partial charge in [0.2, 0.25) is 0 Å². The van der Waals surface area contributed by atoms with Gasteiger partial charge < -0.3 is 10.4 Å². The molecule has 0 bridgehead atoms. The van der Waals surface area contributed by atoms with Gasteiger partial charge in [0.25, 0.3) is 11.8 Å². The van der Waals surface area contributed by atoms with Gasteiger partial charge in [-0.25, -0.2) is 13.9 Å². The highest BCUT2D eigenvalue weighted by Gasteiger charge is 2.44. The highest BCUT2D eigenvalue weighted by Crippen LogP contribution is 2.36. The van der Waals surface area contributed by atoms with Gasteiger partial charge in [0, 0.05) is 29.9 Å². The minimum atomic E-state index is -3.74. The second-order valence-electron chi connectivity index (χ2n) is 7.64. The number of hydrogen-bond acceptors (Lipinski definition) is 6. The molecule has 2 rings (SSSR count). The molecule has 0 spiro atoms. The molecule has 0 radical (unpaired) electrons. The predicted molar refractivity (Wildman–Crippen MR) is 110 cm³/mol. The number of aliphatic hydroxyl groups is 1. The van der Waals surface area contributed by atoms with E-state index < -0.39 is 32.4 Å². The van der Waals surface area contributed by atoms with Crippen LogP contribution in [0.15, 0.2) is 24.3 Å². The number of aliphatic hydroxyl groups excluding tert-OH is 1. The smallest absolute Gasteiger partial charge is 0.267 e. The Hall–Kier alpha value is -2.85. The first kappa shape index (κ1) is 23.4. The van der Waals surface area contributed by atoms with E-state index in [4.69, 9.17) is 10.3 Å². The maximum Gasteiger partial charge on any atom is 0.267 e. The Morgan fingerprint density at radius 3 is 2.37 bits per heavy atom. The average Bonchev–Trinajstić information content (AvgIpc) is 3.46. The van der Waals surface area contributed by atoms with Crippen LogP contribution in [0.3, 0.4) is 0 Å². The van der Waals surface area contributed by atoms with Crippen LogP contribution in [0.4, 0.5) is 0 Å². The number of sulfone groups is 1. The van der Waals surface area contributed by atoms with Gasteiger partial charge in [-0.05, 0) is 62.3 Å². The monoisotopic (exact) mass is 432 g/mol. The lowest BCUT2D eigenvalue weighted by atomic mass is 10.0. The second-order valence-corrected chi connectivity index (χ2v) is 10.2. The number of carbonyl (C=O) groups excluding carboxylic acids is 2. The van der Waals surface area contributed by atoms with E-state index in [9.17, 15) is 18.0 Å². The van der Waals surface area contributed by atoms with Gasteiger partial charge >= 0.3 is 0 Å². The van der Waals surface area contributed by atoms with E-state index in [1.54, 1.807) is 12.1 Å². The summed E-state index contributed by atoms with van der Waals surface area (Å²) in [5.41, 5.74) is 2.21. The molecule has 0 aliphatic heterocycles. The lowest BCUT2D eigenvalue weighted by Gasteiger charge is -2.31. The lowest BCUT2D eigenvalue weighted by Crippen LogP contribution is -2.60. The molecule has 1 aliphatic rings. The molecular weight excluding hydrogens is 408 g/mol. The van der Waals surface area contributed by atoms with Crippen molar-refractivity contribution < 1.29 is 28.3 Å².